The standard InChI is InChI=1S/C20H18ClF3N2O4/c1-3-25(4-2)19(27)10-5-13-11-15(7-8-17(13)26(28)29)30-18-9-6-14(12-16(18)21)20(22,23)24/h5-12H,3-4H2,1-2H3. The molecule has 6 nitrogen and oxygen atoms in total. The molecule has 0 bridgehead atoms. The Morgan fingerprint density at radius 3 is 2.40 bits per heavy atom. The summed E-state index contributed by atoms with van der Waals surface area (Å²) in [6.07, 6.45) is -2.05. The monoisotopic (exact) mass is 442 g/mol. The second-order valence-electron chi connectivity index (χ2n) is 6.07. The highest BCUT2D eigenvalue weighted by Gasteiger charge is 2.31. The summed E-state index contributed by atoms with van der Waals surface area (Å²) < 4.78 is 43.8. The number of halogens is 4. The van der Waals surface area contributed by atoms with E-state index in [1.807, 2.05) is 0 Å². The molecule has 0 heterocycles. The van der Waals surface area contributed by atoms with E-state index >= 15 is 0 Å². The minimum absolute atomic E-state index is 0.0485. The highest BCUT2D eigenvalue weighted by molar-refractivity contribution is 6.32. The predicted octanol–water partition coefficient (Wildman–Crippen LogP) is 5.94. The van der Waals surface area contributed by atoms with Crippen LogP contribution in [-0.2, 0) is 11.0 Å². The van der Waals surface area contributed by atoms with Gasteiger partial charge in [0.2, 0.25) is 5.91 Å². The van der Waals surface area contributed by atoms with Gasteiger partial charge < -0.3 is 9.64 Å². The van der Waals surface area contributed by atoms with Gasteiger partial charge in [-0.3, -0.25) is 14.9 Å². The Bertz CT molecular complexity index is 973. The molecule has 0 atom stereocenters. The number of ether oxygens (including phenoxy) is 1. The van der Waals surface area contributed by atoms with Crippen LogP contribution in [0.15, 0.2) is 42.5 Å². The summed E-state index contributed by atoms with van der Waals surface area (Å²) in [5.41, 5.74) is -1.09. The molecule has 0 aliphatic rings. The minimum Gasteiger partial charge on any atom is -0.456 e. The van der Waals surface area contributed by atoms with Crippen molar-refractivity contribution >= 4 is 29.3 Å². The molecule has 0 unspecified atom stereocenters. The summed E-state index contributed by atoms with van der Waals surface area (Å²) in [6.45, 7) is 4.58. The van der Waals surface area contributed by atoms with Crippen LogP contribution in [-0.4, -0.2) is 28.8 Å². The number of carbonyl (C=O) groups is 1. The van der Waals surface area contributed by atoms with E-state index in [0.717, 1.165) is 18.2 Å². The average molecular weight is 443 g/mol. The summed E-state index contributed by atoms with van der Waals surface area (Å²) in [4.78, 5) is 24.3. The lowest BCUT2D eigenvalue weighted by Gasteiger charge is -2.15. The number of amides is 1. The summed E-state index contributed by atoms with van der Waals surface area (Å²) >= 11 is 5.88. The van der Waals surface area contributed by atoms with Crippen LogP contribution in [0.5, 0.6) is 11.5 Å². The maximum absolute atomic E-state index is 12.8. The van der Waals surface area contributed by atoms with Gasteiger partial charge in [-0.1, -0.05) is 11.6 Å². The lowest BCUT2D eigenvalue weighted by atomic mass is 10.1. The number of alkyl halides is 3. The SMILES string of the molecule is CCN(CC)C(=O)C=Cc1cc(Oc2ccc(C(F)(F)F)cc2Cl)ccc1[N+](=O)[O-]. The van der Waals surface area contributed by atoms with Crippen LogP contribution < -0.4 is 4.74 Å². The molecule has 30 heavy (non-hydrogen) atoms. The number of rotatable bonds is 7. The number of carbonyl (C=O) groups excluding carboxylic acids is 1. The summed E-state index contributed by atoms with van der Waals surface area (Å²) in [7, 11) is 0. The molecule has 2 aromatic rings. The Morgan fingerprint density at radius 2 is 1.87 bits per heavy atom. The molecule has 0 aliphatic heterocycles. The molecule has 0 saturated heterocycles. The number of hydrogen-bond donors (Lipinski definition) is 0. The van der Waals surface area contributed by atoms with Crippen molar-refractivity contribution in [2.45, 2.75) is 20.0 Å². The summed E-state index contributed by atoms with van der Waals surface area (Å²) in [5, 5.41) is 11.0. The number of hydrogen-bond acceptors (Lipinski definition) is 4. The fourth-order valence-electron chi connectivity index (χ4n) is 2.58. The topological polar surface area (TPSA) is 72.7 Å². The van der Waals surface area contributed by atoms with Gasteiger partial charge >= 0.3 is 6.18 Å². The third-order valence-corrected chi connectivity index (χ3v) is 4.46. The van der Waals surface area contributed by atoms with E-state index in [1.165, 1.54) is 35.3 Å². The molecule has 0 aliphatic carbocycles. The third kappa shape index (κ3) is 5.73. The smallest absolute Gasteiger partial charge is 0.416 e. The van der Waals surface area contributed by atoms with Gasteiger partial charge in [-0.05, 0) is 50.3 Å². The second-order valence-corrected chi connectivity index (χ2v) is 6.47. The molecule has 1 amide bonds. The number of likely N-dealkylation sites (N-methyl/N-ethyl adjacent to an activating group) is 1. The number of nitrogens with zero attached hydrogens (tertiary/aromatic N) is 2. The molecule has 0 saturated carbocycles. The van der Waals surface area contributed by atoms with Crippen LogP contribution >= 0.6 is 11.6 Å². The van der Waals surface area contributed by atoms with Crippen LogP contribution in [0.1, 0.15) is 25.0 Å². The van der Waals surface area contributed by atoms with Gasteiger partial charge in [0, 0.05) is 25.2 Å². The molecule has 0 radical (unpaired) electrons. The Morgan fingerprint density at radius 1 is 1.20 bits per heavy atom. The van der Waals surface area contributed by atoms with Crippen molar-refractivity contribution in [3.63, 3.8) is 0 Å². The minimum atomic E-state index is -4.55. The van der Waals surface area contributed by atoms with Gasteiger partial charge in [0.25, 0.3) is 5.69 Å². The molecular weight excluding hydrogens is 425 g/mol. The van der Waals surface area contributed by atoms with Gasteiger partial charge in [0.1, 0.15) is 11.5 Å². The zero-order valence-electron chi connectivity index (χ0n) is 16.1. The first-order chi connectivity index (χ1) is 14.1. The first-order valence-corrected chi connectivity index (χ1v) is 9.24. The summed E-state index contributed by atoms with van der Waals surface area (Å²) in [6, 6.07) is 6.37. The Balaban J connectivity index is 2.34. The van der Waals surface area contributed by atoms with Crippen LogP contribution in [0.3, 0.4) is 0 Å². The van der Waals surface area contributed by atoms with Crippen LogP contribution in [0.25, 0.3) is 6.08 Å². The lowest BCUT2D eigenvalue weighted by molar-refractivity contribution is -0.385. The quantitative estimate of drug-likeness (QED) is 0.302. The van der Waals surface area contributed by atoms with E-state index in [1.54, 1.807) is 13.8 Å². The van der Waals surface area contributed by atoms with Crippen molar-refractivity contribution < 1.29 is 27.6 Å². The number of nitro benzene ring substituents is 1. The van der Waals surface area contributed by atoms with Crippen molar-refractivity contribution in [1.82, 2.24) is 4.90 Å². The van der Waals surface area contributed by atoms with Gasteiger partial charge in [0.05, 0.1) is 21.1 Å². The molecule has 160 valence electrons. The lowest BCUT2D eigenvalue weighted by Crippen LogP contribution is -2.28. The Kier molecular flexibility index (Phi) is 7.44. The molecular formula is C20H18ClF3N2O4. The molecule has 2 rings (SSSR count). The maximum atomic E-state index is 12.8. The van der Waals surface area contributed by atoms with Gasteiger partial charge in [-0.15, -0.1) is 0 Å². The van der Waals surface area contributed by atoms with Crippen molar-refractivity contribution in [2.75, 3.05) is 13.1 Å². The average Bonchev–Trinajstić information content (AvgIpc) is 2.68. The van der Waals surface area contributed by atoms with Gasteiger partial charge in [-0.2, -0.15) is 13.2 Å². The van der Waals surface area contributed by atoms with E-state index in [2.05, 4.69) is 0 Å². The molecule has 0 aromatic heterocycles. The van der Waals surface area contributed by atoms with Crippen molar-refractivity contribution in [2.24, 2.45) is 0 Å². The zero-order chi connectivity index (χ0) is 22.5. The van der Waals surface area contributed by atoms with Crippen LogP contribution in [0, 0.1) is 10.1 Å². The van der Waals surface area contributed by atoms with Gasteiger partial charge in [-0.25, -0.2) is 0 Å². The fraction of sp³-hybridized carbons (Fsp3) is 0.250. The first-order valence-electron chi connectivity index (χ1n) is 8.86. The van der Waals surface area contributed by atoms with E-state index in [4.69, 9.17) is 16.3 Å². The molecule has 2 aromatic carbocycles. The highest BCUT2D eigenvalue weighted by Crippen LogP contribution is 2.37. The fourth-order valence-corrected chi connectivity index (χ4v) is 2.80. The molecule has 10 heteroatoms. The van der Waals surface area contributed by atoms with E-state index in [-0.39, 0.29) is 33.7 Å². The maximum Gasteiger partial charge on any atom is 0.416 e. The predicted molar refractivity (Wildman–Crippen MR) is 107 cm³/mol. The Hall–Kier alpha value is -3.07. The van der Waals surface area contributed by atoms with Crippen molar-refractivity contribution in [3.8, 4) is 11.5 Å². The van der Waals surface area contributed by atoms with E-state index < -0.39 is 16.7 Å². The van der Waals surface area contributed by atoms with E-state index in [9.17, 15) is 28.1 Å². The number of nitro groups is 1. The van der Waals surface area contributed by atoms with Gasteiger partial charge in [0.15, 0.2) is 0 Å². The third-order valence-electron chi connectivity index (χ3n) is 4.16. The zero-order valence-corrected chi connectivity index (χ0v) is 16.8. The normalized spacial score (nSPS) is 11.5. The second kappa shape index (κ2) is 9.62. The summed E-state index contributed by atoms with van der Waals surface area (Å²) in [5.74, 6) is -0.253. The van der Waals surface area contributed by atoms with E-state index in [0.29, 0.717) is 13.1 Å². The number of benzene rings is 2. The first kappa shape index (κ1) is 23.2. The highest BCUT2D eigenvalue weighted by atomic mass is 35.5. The Labute approximate surface area is 175 Å². The molecule has 0 spiro atoms. The largest absolute Gasteiger partial charge is 0.456 e. The molecule has 0 N–H and O–H groups in total. The van der Waals surface area contributed by atoms with Crippen molar-refractivity contribution in [3.05, 3.63) is 68.7 Å². The van der Waals surface area contributed by atoms with Crippen LogP contribution in [0.4, 0.5) is 18.9 Å². The van der Waals surface area contributed by atoms with Crippen LogP contribution in [0.2, 0.25) is 5.02 Å². The molecule has 0 fully saturated rings. The van der Waals surface area contributed by atoms with Crippen molar-refractivity contribution in [1.29, 1.82) is 0 Å².